The van der Waals surface area contributed by atoms with Gasteiger partial charge in [-0.25, -0.2) is 0 Å². The van der Waals surface area contributed by atoms with Crippen LogP contribution in [-0.2, 0) is 4.79 Å². The first-order valence-corrected chi connectivity index (χ1v) is 6.25. The molecule has 0 saturated heterocycles. The number of methoxy groups -OCH3 is 2. The van der Waals surface area contributed by atoms with E-state index >= 15 is 0 Å². The summed E-state index contributed by atoms with van der Waals surface area (Å²) in [5.41, 5.74) is 1.44. The number of anilines is 2. The lowest BCUT2D eigenvalue weighted by molar-refractivity contribution is -0.115. The number of hydrogen-bond acceptors (Lipinski definition) is 3. The van der Waals surface area contributed by atoms with Gasteiger partial charge in [0.05, 0.1) is 19.9 Å². The normalized spacial score (nSPS) is 9.95. The van der Waals surface area contributed by atoms with Crippen molar-refractivity contribution in [2.75, 3.05) is 19.1 Å². The Morgan fingerprint density at radius 1 is 1.00 bits per heavy atom. The number of amides is 1. The molecule has 2 rings (SSSR count). The molecule has 104 valence electrons. The second-order valence-corrected chi connectivity index (χ2v) is 4.23. The van der Waals surface area contributed by atoms with E-state index in [-0.39, 0.29) is 5.91 Å². The maximum Gasteiger partial charge on any atom is 0.228 e. The Kier molecular flexibility index (Phi) is 4.25. The number of benzene rings is 2. The molecule has 0 bridgehead atoms. The lowest BCUT2D eigenvalue weighted by Gasteiger charge is -2.23. The minimum atomic E-state index is -0.0947. The van der Waals surface area contributed by atoms with Crippen molar-refractivity contribution < 1.29 is 14.3 Å². The van der Waals surface area contributed by atoms with Gasteiger partial charge in [-0.05, 0) is 24.3 Å². The molecular formula is C16H17NO3. The highest BCUT2D eigenvalue weighted by molar-refractivity contribution is 6.00. The first-order chi connectivity index (χ1) is 9.67. The van der Waals surface area contributed by atoms with Crippen LogP contribution in [0.3, 0.4) is 0 Å². The number of nitrogens with zero attached hydrogens (tertiary/aromatic N) is 1. The highest BCUT2D eigenvalue weighted by Gasteiger charge is 2.18. The standard InChI is InChI=1S/C16H17NO3/c1-12(18)17(13-7-5-4-6-8-13)15-11-14(19-2)9-10-16(15)20-3/h4-11H,1-3H3. The van der Waals surface area contributed by atoms with Crippen LogP contribution in [0.15, 0.2) is 48.5 Å². The van der Waals surface area contributed by atoms with E-state index in [4.69, 9.17) is 9.47 Å². The molecule has 0 aliphatic carbocycles. The highest BCUT2D eigenvalue weighted by Crippen LogP contribution is 2.36. The van der Waals surface area contributed by atoms with Gasteiger partial charge in [-0.2, -0.15) is 0 Å². The zero-order chi connectivity index (χ0) is 14.5. The maximum atomic E-state index is 12.0. The molecule has 0 aliphatic rings. The molecule has 0 radical (unpaired) electrons. The van der Waals surface area contributed by atoms with Gasteiger partial charge in [-0.15, -0.1) is 0 Å². The molecule has 4 nitrogen and oxygen atoms in total. The second kappa shape index (κ2) is 6.10. The summed E-state index contributed by atoms with van der Waals surface area (Å²) in [5.74, 6) is 1.19. The van der Waals surface area contributed by atoms with Gasteiger partial charge in [0.1, 0.15) is 11.5 Å². The number of carbonyl (C=O) groups is 1. The third-order valence-electron chi connectivity index (χ3n) is 2.96. The summed E-state index contributed by atoms with van der Waals surface area (Å²) in [6.45, 7) is 1.52. The monoisotopic (exact) mass is 271 g/mol. The predicted molar refractivity (Wildman–Crippen MR) is 78.8 cm³/mol. The summed E-state index contributed by atoms with van der Waals surface area (Å²) >= 11 is 0. The minimum absolute atomic E-state index is 0.0947. The van der Waals surface area contributed by atoms with Crippen LogP contribution >= 0.6 is 0 Å². The zero-order valence-corrected chi connectivity index (χ0v) is 11.8. The Hall–Kier alpha value is -2.49. The molecule has 0 N–H and O–H groups in total. The Morgan fingerprint density at radius 3 is 2.25 bits per heavy atom. The van der Waals surface area contributed by atoms with Gasteiger partial charge in [0, 0.05) is 18.7 Å². The Morgan fingerprint density at radius 2 is 1.70 bits per heavy atom. The van der Waals surface area contributed by atoms with Crippen LogP contribution in [0.1, 0.15) is 6.92 Å². The lowest BCUT2D eigenvalue weighted by Crippen LogP contribution is -2.23. The van der Waals surface area contributed by atoms with E-state index in [9.17, 15) is 4.79 Å². The zero-order valence-electron chi connectivity index (χ0n) is 11.8. The van der Waals surface area contributed by atoms with Gasteiger partial charge >= 0.3 is 0 Å². The third-order valence-corrected chi connectivity index (χ3v) is 2.96. The molecule has 20 heavy (non-hydrogen) atoms. The van der Waals surface area contributed by atoms with E-state index in [2.05, 4.69) is 0 Å². The van der Waals surface area contributed by atoms with Gasteiger partial charge in [0.15, 0.2) is 0 Å². The van der Waals surface area contributed by atoms with E-state index in [0.29, 0.717) is 17.2 Å². The van der Waals surface area contributed by atoms with Crippen LogP contribution in [0, 0.1) is 0 Å². The van der Waals surface area contributed by atoms with E-state index in [1.807, 2.05) is 30.3 Å². The summed E-state index contributed by atoms with van der Waals surface area (Å²) in [6, 6.07) is 14.8. The van der Waals surface area contributed by atoms with Crippen molar-refractivity contribution in [3.63, 3.8) is 0 Å². The molecule has 0 aromatic heterocycles. The Balaban J connectivity index is 2.57. The number of hydrogen-bond donors (Lipinski definition) is 0. The fraction of sp³-hybridized carbons (Fsp3) is 0.188. The SMILES string of the molecule is COc1ccc(OC)c(N(C(C)=O)c2ccccc2)c1. The second-order valence-electron chi connectivity index (χ2n) is 4.23. The average Bonchev–Trinajstić information content (AvgIpc) is 2.48. The quantitative estimate of drug-likeness (QED) is 0.855. The summed E-state index contributed by atoms with van der Waals surface area (Å²) in [4.78, 5) is 13.6. The van der Waals surface area contributed by atoms with Crippen molar-refractivity contribution in [2.45, 2.75) is 6.92 Å². The number of ether oxygens (including phenoxy) is 2. The summed E-state index contributed by atoms with van der Waals surface area (Å²) < 4.78 is 10.6. The van der Waals surface area contributed by atoms with E-state index in [0.717, 1.165) is 5.69 Å². The molecule has 0 unspecified atom stereocenters. The largest absolute Gasteiger partial charge is 0.497 e. The molecule has 4 heteroatoms. The molecule has 0 atom stereocenters. The number of para-hydroxylation sites is 1. The molecule has 2 aromatic rings. The molecule has 2 aromatic carbocycles. The van der Waals surface area contributed by atoms with Crippen molar-refractivity contribution in [1.82, 2.24) is 0 Å². The van der Waals surface area contributed by atoms with E-state index < -0.39 is 0 Å². The summed E-state index contributed by atoms with van der Waals surface area (Å²) in [6.07, 6.45) is 0. The van der Waals surface area contributed by atoms with Crippen LogP contribution in [0.2, 0.25) is 0 Å². The van der Waals surface area contributed by atoms with Crippen molar-refractivity contribution in [2.24, 2.45) is 0 Å². The fourth-order valence-electron chi connectivity index (χ4n) is 2.04. The van der Waals surface area contributed by atoms with Gasteiger partial charge in [-0.1, -0.05) is 18.2 Å². The van der Waals surface area contributed by atoms with E-state index in [1.54, 1.807) is 37.3 Å². The molecule has 0 saturated carbocycles. The molecular weight excluding hydrogens is 254 g/mol. The first kappa shape index (κ1) is 13.9. The highest BCUT2D eigenvalue weighted by atomic mass is 16.5. The van der Waals surface area contributed by atoms with Crippen molar-refractivity contribution in [3.05, 3.63) is 48.5 Å². The molecule has 1 amide bonds. The molecule has 0 aliphatic heterocycles. The van der Waals surface area contributed by atoms with Crippen molar-refractivity contribution >= 4 is 17.3 Å². The molecule has 0 spiro atoms. The van der Waals surface area contributed by atoms with Gasteiger partial charge in [-0.3, -0.25) is 9.69 Å². The summed E-state index contributed by atoms with van der Waals surface area (Å²) in [7, 11) is 3.17. The van der Waals surface area contributed by atoms with Crippen LogP contribution in [0.25, 0.3) is 0 Å². The first-order valence-electron chi connectivity index (χ1n) is 6.25. The predicted octanol–water partition coefficient (Wildman–Crippen LogP) is 3.39. The van der Waals surface area contributed by atoms with Crippen molar-refractivity contribution in [1.29, 1.82) is 0 Å². The summed E-state index contributed by atoms with van der Waals surface area (Å²) in [5, 5.41) is 0. The van der Waals surface area contributed by atoms with Crippen LogP contribution in [0.4, 0.5) is 11.4 Å². The average molecular weight is 271 g/mol. The van der Waals surface area contributed by atoms with Crippen molar-refractivity contribution in [3.8, 4) is 11.5 Å². The topological polar surface area (TPSA) is 38.8 Å². The third kappa shape index (κ3) is 2.74. The van der Waals surface area contributed by atoms with Gasteiger partial charge in [0.25, 0.3) is 0 Å². The van der Waals surface area contributed by atoms with Crippen LogP contribution in [-0.4, -0.2) is 20.1 Å². The van der Waals surface area contributed by atoms with Gasteiger partial charge < -0.3 is 9.47 Å². The number of carbonyl (C=O) groups excluding carboxylic acids is 1. The Bertz CT molecular complexity index is 596. The number of rotatable bonds is 4. The molecule has 0 fully saturated rings. The van der Waals surface area contributed by atoms with E-state index in [1.165, 1.54) is 6.92 Å². The van der Waals surface area contributed by atoms with Gasteiger partial charge in [0.2, 0.25) is 5.91 Å². The maximum absolute atomic E-state index is 12.0. The van der Waals surface area contributed by atoms with Crippen LogP contribution in [0.5, 0.6) is 11.5 Å². The van der Waals surface area contributed by atoms with Crippen LogP contribution < -0.4 is 14.4 Å². The minimum Gasteiger partial charge on any atom is -0.497 e. The smallest absolute Gasteiger partial charge is 0.228 e. The molecule has 0 heterocycles. The lowest BCUT2D eigenvalue weighted by atomic mass is 10.2. The fourth-order valence-corrected chi connectivity index (χ4v) is 2.04. The Labute approximate surface area is 118 Å².